The summed E-state index contributed by atoms with van der Waals surface area (Å²) in [7, 11) is 3.37. The Balaban J connectivity index is 1.62. The molecule has 0 radical (unpaired) electrons. The maximum Gasteiger partial charge on any atom is 0.234 e. The molecule has 1 N–H and O–H groups in total. The van der Waals surface area contributed by atoms with Crippen molar-refractivity contribution < 1.29 is 14.3 Å². The number of aromatic nitrogens is 3. The van der Waals surface area contributed by atoms with E-state index >= 15 is 0 Å². The van der Waals surface area contributed by atoms with Crippen LogP contribution < -0.4 is 14.8 Å². The molecule has 10 heteroatoms. The molecular formula is C20H20Cl2N4O3S. The maximum absolute atomic E-state index is 12.3. The molecule has 0 aliphatic carbocycles. The highest BCUT2D eigenvalue weighted by Crippen LogP contribution is 2.32. The standard InChI is InChI=1S/C20H20Cl2N4O3S/c1-12(29-17-10-13(21)8-9-14(17)22)19-24-25-20(26(19)2)30-11-18(27)23-15-6-4-5-7-16(15)28-3/h4-10,12H,11H2,1-3H3,(H,23,27). The van der Waals surface area contributed by atoms with Crippen molar-refractivity contribution in [1.29, 1.82) is 0 Å². The van der Waals surface area contributed by atoms with Gasteiger partial charge in [0.25, 0.3) is 0 Å². The number of rotatable bonds is 8. The molecule has 2 aromatic carbocycles. The molecule has 30 heavy (non-hydrogen) atoms. The number of anilines is 1. The smallest absolute Gasteiger partial charge is 0.234 e. The first kappa shape index (κ1) is 22.3. The van der Waals surface area contributed by atoms with Crippen LogP contribution in [-0.4, -0.2) is 33.5 Å². The second-order valence-corrected chi connectivity index (χ2v) is 8.06. The van der Waals surface area contributed by atoms with Crippen molar-refractivity contribution >= 4 is 46.6 Å². The molecule has 3 rings (SSSR count). The number of hydrogen-bond donors (Lipinski definition) is 1. The first-order valence-electron chi connectivity index (χ1n) is 8.95. The van der Waals surface area contributed by atoms with Crippen molar-refractivity contribution in [3.8, 4) is 11.5 Å². The number of amides is 1. The molecule has 1 heterocycles. The van der Waals surface area contributed by atoms with E-state index in [9.17, 15) is 4.79 Å². The SMILES string of the molecule is COc1ccccc1NC(=O)CSc1nnc(C(C)Oc2cc(Cl)ccc2Cl)n1C. The Morgan fingerprint density at radius 1 is 1.20 bits per heavy atom. The van der Waals surface area contributed by atoms with Gasteiger partial charge in [0.05, 0.1) is 23.6 Å². The third-order valence-electron chi connectivity index (χ3n) is 4.14. The number of nitrogens with zero attached hydrogens (tertiary/aromatic N) is 3. The van der Waals surface area contributed by atoms with Crippen LogP contribution in [0.2, 0.25) is 10.0 Å². The Bertz CT molecular complexity index is 1040. The fraction of sp³-hybridized carbons (Fsp3) is 0.250. The molecule has 1 aromatic heterocycles. The summed E-state index contributed by atoms with van der Waals surface area (Å²) in [4.78, 5) is 12.3. The lowest BCUT2D eigenvalue weighted by molar-refractivity contribution is -0.113. The van der Waals surface area contributed by atoms with E-state index in [4.69, 9.17) is 32.7 Å². The fourth-order valence-electron chi connectivity index (χ4n) is 2.68. The summed E-state index contributed by atoms with van der Waals surface area (Å²) in [6.07, 6.45) is -0.421. The number of methoxy groups -OCH3 is 1. The molecule has 0 saturated carbocycles. The Morgan fingerprint density at radius 3 is 2.73 bits per heavy atom. The molecule has 3 aromatic rings. The number of ether oxygens (including phenoxy) is 2. The van der Waals surface area contributed by atoms with E-state index in [1.54, 1.807) is 42.0 Å². The first-order chi connectivity index (χ1) is 14.4. The second kappa shape index (κ2) is 10.1. The third kappa shape index (κ3) is 5.38. The number of para-hydroxylation sites is 2. The molecule has 158 valence electrons. The summed E-state index contributed by atoms with van der Waals surface area (Å²) in [5.74, 6) is 1.65. The molecule has 0 aliphatic heterocycles. The van der Waals surface area contributed by atoms with E-state index in [2.05, 4.69) is 15.5 Å². The highest BCUT2D eigenvalue weighted by molar-refractivity contribution is 7.99. The zero-order valence-electron chi connectivity index (χ0n) is 16.6. The molecule has 0 aliphatic rings. The van der Waals surface area contributed by atoms with Crippen LogP contribution in [0.5, 0.6) is 11.5 Å². The number of thioether (sulfide) groups is 1. The number of carbonyl (C=O) groups is 1. The van der Waals surface area contributed by atoms with Gasteiger partial charge >= 0.3 is 0 Å². The number of halogens is 2. The van der Waals surface area contributed by atoms with Gasteiger partial charge in [0, 0.05) is 18.1 Å². The summed E-state index contributed by atoms with van der Waals surface area (Å²) in [5, 5.41) is 12.8. The lowest BCUT2D eigenvalue weighted by atomic mass is 10.3. The normalized spacial score (nSPS) is 11.8. The van der Waals surface area contributed by atoms with Crippen LogP contribution in [-0.2, 0) is 11.8 Å². The number of benzene rings is 2. The van der Waals surface area contributed by atoms with Crippen LogP contribution in [0.15, 0.2) is 47.6 Å². The lowest BCUT2D eigenvalue weighted by Gasteiger charge is -2.15. The van der Waals surface area contributed by atoms with Crippen molar-refractivity contribution in [1.82, 2.24) is 14.8 Å². The summed E-state index contributed by atoms with van der Waals surface area (Å²) in [6.45, 7) is 1.84. The number of carbonyl (C=O) groups excluding carboxylic acids is 1. The summed E-state index contributed by atoms with van der Waals surface area (Å²) >= 11 is 13.4. The highest BCUT2D eigenvalue weighted by atomic mass is 35.5. The van der Waals surface area contributed by atoms with Gasteiger partial charge in [0.1, 0.15) is 11.5 Å². The van der Waals surface area contributed by atoms with Gasteiger partial charge in [-0.2, -0.15) is 0 Å². The lowest BCUT2D eigenvalue weighted by Crippen LogP contribution is -2.15. The number of hydrogen-bond acceptors (Lipinski definition) is 6. The van der Waals surface area contributed by atoms with E-state index < -0.39 is 6.10 Å². The van der Waals surface area contributed by atoms with Crippen LogP contribution in [0.4, 0.5) is 5.69 Å². The van der Waals surface area contributed by atoms with Crippen molar-refractivity contribution in [3.63, 3.8) is 0 Å². The molecular weight excluding hydrogens is 447 g/mol. The molecule has 1 atom stereocenters. The van der Waals surface area contributed by atoms with Crippen molar-refractivity contribution in [3.05, 3.63) is 58.3 Å². The van der Waals surface area contributed by atoms with Crippen LogP contribution in [0.3, 0.4) is 0 Å². The third-order valence-corrected chi connectivity index (χ3v) is 5.71. The van der Waals surface area contributed by atoms with Crippen LogP contribution in [0.1, 0.15) is 18.9 Å². The topological polar surface area (TPSA) is 78.3 Å². The Morgan fingerprint density at radius 2 is 1.97 bits per heavy atom. The van der Waals surface area contributed by atoms with Gasteiger partial charge in [0.2, 0.25) is 5.91 Å². The largest absolute Gasteiger partial charge is 0.495 e. The van der Waals surface area contributed by atoms with Gasteiger partial charge in [-0.3, -0.25) is 4.79 Å². The number of nitrogens with one attached hydrogen (secondary N) is 1. The molecule has 1 amide bonds. The Labute approximate surface area is 188 Å². The Kier molecular flexibility index (Phi) is 7.47. The predicted molar refractivity (Wildman–Crippen MR) is 119 cm³/mol. The first-order valence-corrected chi connectivity index (χ1v) is 10.7. The fourth-order valence-corrected chi connectivity index (χ4v) is 3.72. The summed E-state index contributed by atoms with van der Waals surface area (Å²) < 4.78 is 12.9. The molecule has 1 unspecified atom stereocenters. The molecule has 0 fully saturated rings. The summed E-state index contributed by atoms with van der Waals surface area (Å²) in [5.41, 5.74) is 0.615. The van der Waals surface area contributed by atoms with Gasteiger partial charge in [-0.1, -0.05) is 47.1 Å². The molecule has 0 bridgehead atoms. The monoisotopic (exact) mass is 466 g/mol. The minimum atomic E-state index is -0.421. The predicted octanol–water partition coefficient (Wildman–Crippen LogP) is 5.00. The quantitative estimate of drug-likeness (QED) is 0.470. The maximum atomic E-state index is 12.3. The minimum absolute atomic E-state index is 0.166. The van der Waals surface area contributed by atoms with E-state index in [0.717, 1.165) is 0 Å². The van der Waals surface area contributed by atoms with Crippen LogP contribution in [0.25, 0.3) is 0 Å². The van der Waals surface area contributed by atoms with E-state index in [0.29, 0.717) is 38.2 Å². The highest BCUT2D eigenvalue weighted by Gasteiger charge is 2.19. The van der Waals surface area contributed by atoms with Gasteiger partial charge in [0.15, 0.2) is 17.1 Å². The molecule has 7 nitrogen and oxygen atoms in total. The van der Waals surface area contributed by atoms with Gasteiger partial charge < -0.3 is 19.4 Å². The van der Waals surface area contributed by atoms with E-state index in [-0.39, 0.29) is 11.7 Å². The van der Waals surface area contributed by atoms with Crippen molar-refractivity contribution in [2.75, 3.05) is 18.2 Å². The van der Waals surface area contributed by atoms with Crippen LogP contribution in [0, 0.1) is 0 Å². The van der Waals surface area contributed by atoms with E-state index in [1.807, 2.05) is 26.1 Å². The van der Waals surface area contributed by atoms with Gasteiger partial charge in [-0.25, -0.2) is 0 Å². The summed E-state index contributed by atoms with van der Waals surface area (Å²) in [6, 6.07) is 12.2. The van der Waals surface area contributed by atoms with Gasteiger partial charge in [-0.15, -0.1) is 10.2 Å². The van der Waals surface area contributed by atoms with Gasteiger partial charge in [-0.05, 0) is 31.2 Å². The average Bonchev–Trinajstić information content (AvgIpc) is 3.10. The zero-order valence-corrected chi connectivity index (χ0v) is 18.9. The zero-order chi connectivity index (χ0) is 21.7. The van der Waals surface area contributed by atoms with E-state index in [1.165, 1.54) is 11.8 Å². The van der Waals surface area contributed by atoms with Crippen molar-refractivity contribution in [2.45, 2.75) is 18.2 Å². The Hall–Kier alpha value is -2.42. The van der Waals surface area contributed by atoms with Crippen molar-refractivity contribution in [2.24, 2.45) is 7.05 Å². The molecule has 0 saturated heterocycles. The average molecular weight is 467 g/mol. The minimum Gasteiger partial charge on any atom is -0.495 e. The molecule has 0 spiro atoms. The second-order valence-electron chi connectivity index (χ2n) is 6.27. The van der Waals surface area contributed by atoms with Crippen LogP contribution >= 0.6 is 35.0 Å².